The topological polar surface area (TPSA) is 51.0 Å². The van der Waals surface area contributed by atoms with Gasteiger partial charge in [0.15, 0.2) is 5.84 Å². The van der Waals surface area contributed by atoms with E-state index in [2.05, 4.69) is 97.9 Å². The molecular weight excluding hydrogens is 668 g/mol. The number of aliphatic imine (C=N–C) groups is 2. The highest BCUT2D eigenvalue weighted by atomic mass is 19.1. The summed E-state index contributed by atoms with van der Waals surface area (Å²) < 4.78 is 26.6. The van der Waals surface area contributed by atoms with E-state index in [4.69, 9.17) is 18.8 Å². The Morgan fingerprint density at radius 1 is 0.519 bits per heavy atom. The van der Waals surface area contributed by atoms with Gasteiger partial charge in [0.2, 0.25) is 0 Å². The summed E-state index contributed by atoms with van der Waals surface area (Å²) in [6, 6.07) is 52.8. The van der Waals surface area contributed by atoms with Crippen LogP contribution in [0.25, 0.3) is 66.1 Å². The van der Waals surface area contributed by atoms with Crippen molar-refractivity contribution in [3.05, 3.63) is 180 Å². The van der Waals surface area contributed by atoms with Gasteiger partial charge in [-0.05, 0) is 125 Å². The summed E-state index contributed by atoms with van der Waals surface area (Å²) in [4.78, 5) is 10.7. The van der Waals surface area contributed by atoms with Crippen LogP contribution in [-0.2, 0) is 0 Å². The second-order valence-corrected chi connectivity index (χ2v) is 14.2. The molecule has 1 aliphatic rings. The van der Waals surface area contributed by atoms with Crippen LogP contribution in [0.1, 0.15) is 42.5 Å². The lowest BCUT2D eigenvalue weighted by molar-refractivity contribution is 0.437. The summed E-state index contributed by atoms with van der Waals surface area (Å²) in [7, 11) is 0. The number of hydrogen-bond acceptors (Lipinski definition) is 4. The average Bonchev–Trinajstić information content (AvgIpc) is 3.72. The zero-order valence-electron chi connectivity index (χ0n) is 29.7. The number of halogens is 1. The predicted molar refractivity (Wildman–Crippen MR) is 219 cm³/mol. The van der Waals surface area contributed by atoms with E-state index in [1.165, 1.54) is 12.1 Å². The molecule has 54 heavy (non-hydrogen) atoms. The van der Waals surface area contributed by atoms with Gasteiger partial charge in [0.05, 0.1) is 11.8 Å². The van der Waals surface area contributed by atoms with Crippen LogP contribution in [0, 0.1) is 11.7 Å². The first-order valence-corrected chi connectivity index (χ1v) is 18.5. The Balaban J connectivity index is 1.18. The zero-order chi connectivity index (χ0) is 36.2. The van der Waals surface area contributed by atoms with E-state index in [0.29, 0.717) is 5.84 Å². The molecule has 2 aromatic heterocycles. The third-order valence-corrected chi connectivity index (χ3v) is 10.9. The molecule has 4 nitrogen and oxygen atoms in total. The van der Waals surface area contributed by atoms with Crippen molar-refractivity contribution < 1.29 is 13.2 Å². The maximum Gasteiger partial charge on any atom is 0.155 e. The number of furan rings is 2. The Morgan fingerprint density at radius 3 is 1.65 bits per heavy atom. The van der Waals surface area contributed by atoms with Crippen molar-refractivity contribution in [2.75, 3.05) is 0 Å². The summed E-state index contributed by atoms with van der Waals surface area (Å²) in [6.45, 7) is 2.24. The molecule has 1 unspecified atom stereocenters. The highest BCUT2D eigenvalue weighted by molar-refractivity contribution is 6.13. The maximum absolute atomic E-state index is 14.2. The number of para-hydroxylation sites is 2. The highest BCUT2D eigenvalue weighted by Gasteiger charge is 2.29. The monoisotopic (exact) mass is 702 g/mol. The minimum atomic E-state index is -0.287. The van der Waals surface area contributed by atoms with Crippen molar-refractivity contribution in [1.82, 2.24) is 0 Å². The SMILES string of the molecule is CCC1CC(c2ccccc2)=NC(c2ccc(F)cc2)=N[C@H]1c1cc(-c2ccc3oc4ccccc4c3c2)cc(-c2ccc3oc4ccccc4c3c2)c1. The van der Waals surface area contributed by atoms with Crippen molar-refractivity contribution in [3.8, 4) is 22.3 Å². The highest BCUT2D eigenvalue weighted by Crippen LogP contribution is 2.41. The summed E-state index contributed by atoms with van der Waals surface area (Å²) >= 11 is 0. The molecule has 0 fully saturated rings. The van der Waals surface area contributed by atoms with E-state index < -0.39 is 0 Å². The van der Waals surface area contributed by atoms with Crippen LogP contribution in [-0.4, -0.2) is 11.5 Å². The van der Waals surface area contributed by atoms with Gasteiger partial charge in [-0.25, -0.2) is 9.38 Å². The quantitative estimate of drug-likeness (QED) is 0.173. The summed E-state index contributed by atoms with van der Waals surface area (Å²) in [6.07, 6.45) is 1.65. The molecular formula is C49H35FN2O2. The molecule has 2 atom stereocenters. The molecule has 0 bridgehead atoms. The third-order valence-electron chi connectivity index (χ3n) is 10.9. The molecule has 0 aliphatic carbocycles. The lowest BCUT2D eigenvalue weighted by Crippen LogP contribution is -2.15. The van der Waals surface area contributed by atoms with Gasteiger partial charge in [0.1, 0.15) is 28.1 Å². The molecule has 0 saturated carbocycles. The smallest absolute Gasteiger partial charge is 0.155 e. The van der Waals surface area contributed by atoms with Gasteiger partial charge in [0.25, 0.3) is 0 Å². The van der Waals surface area contributed by atoms with E-state index in [-0.39, 0.29) is 17.8 Å². The number of nitrogens with zero attached hydrogens (tertiary/aromatic N) is 2. The summed E-state index contributed by atoms with van der Waals surface area (Å²) in [5.74, 6) is 0.482. The van der Waals surface area contributed by atoms with Crippen molar-refractivity contribution in [1.29, 1.82) is 0 Å². The average molecular weight is 703 g/mol. The van der Waals surface area contributed by atoms with Crippen LogP contribution in [0.2, 0.25) is 0 Å². The fourth-order valence-electron chi connectivity index (χ4n) is 8.03. The molecule has 5 heteroatoms. The fourth-order valence-corrected chi connectivity index (χ4v) is 8.03. The number of amidine groups is 1. The Morgan fingerprint density at radius 2 is 1.06 bits per heavy atom. The van der Waals surface area contributed by atoms with E-state index in [1.54, 1.807) is 12.1 Å². The van der Waals surface area contributed by atoms with Gasteiger partial charge >= 0.3 is 0 Å². The van der Waals surface area contributed by atoms with Crippen LogP contribution in [0.3, 0.4) is 0 Å². The maximum atomic E-state index is 14.2. The van der Waals surface area contributed by atoms with Gasteiger partial charge in [-0.3, -0.25) is 4.99 Å². The number of rotatable bonds is 6. The van der Waals surface area contributed by atoms with Crippen LogP contribution < -0.4 is 0 Å². The molecule has 0 radical (unpaired) electrons. The molecule has 1 aliphatic heterocycles. The lowest BCUT2D eigenvalue weighted by Gasteiger charge is -2.24. The van der Waals surface area contributed by atoms with Crippen LogP contribution in [0.4, 0.5) is 4.39 Å². The minimum Gasteiger partial charge on any atom is -0.456 e. The van der Waals surface area contributed by atoms with Crippen molar-refractivity contribution in [3.63, 3.8) is 0 Å². The van der Waals surface area contributed by atoms with Gasteiger partial charge in [-0.15, -0.1) is 0 Å². The molecule has 10 rings (SSSR count). The standard InChI is InChI=1S/C49H35FN2O2/c1-2-30-29-43(31-10-4-3-5-11-31)51-49(32-16-20-38(50)21-17-32)52-48(30)37-25-35(33-18-22-46-41(27-33)39-12-6-8-14-44(39)53-46)24-36(26-37)34-19-23-47-42(28-34)40-13-7-9-15-45(40)54-47/h3-28,30,48H,2,29H2,1H3/t30?,48-/m1/s1. The fraction of sp³-hybridized carbons (Fsp3) is 0.102. The predicted octanol–water partition coefficient (Wildman–Crippen LogP) is 13.4. The van der Waals surface area contributed by atoms with Crippen molar-refractivity contribution >= 4 is 55.4 Å². The van der Waals surface area contributed by atoms with Crippen molar-refractivity contribution in [2.24, 2.45) is 15.9 Å². The number of fused-ring (bicyclic) bond motifs is 6. The second kappa shape index (κ2) is 13.1. The first-order valence-electron chi connectivity index (χ1n) is 18.5. The lowest BCUT2D eigenvalue weighted by atomic mass is 9.83. The van der Waals surface area contributed by atoms with E-state index in [1.807, 2.05) is 42.5 Å². The molecule has 0 amide bonds. The Kier molecular flexibility index (Phi) is 7.80. The Hall–Kier alpha value is -6.59. The van der Waals surface area contributed by atoms with E-state index >= 15 is 0 Å². The molecule has 0 spiro atoms. The van der Waals surface area contributed by atoms with Crippen LogP contribution in [0.5, 0.6) is 0 Å². The van der Waals surface area contributed by atoms with Crippen LogP contribution >= 0.6 is 0 Å². The molecule has 260 valence electrons. The van der Waals surface area contributed by atoms with Gasteiger partial charge < -0.3 is 8.83 Å². The Bertz CT molecular complexity index is 2790. The first-order chi connectivity index (χ1) is 26.6. The zero-order valence-corrected chi connectivity index (χ0v) is 29.7. The largest absolute Gasteiger partial charge is 0.456 e. The Labute approximate surface area is 311 Å². The normalized spacial score (nSPS) is 16.2. The molecule has 0 N–H and O–H groups in total. The van der Waals surface area contributed by atoms with Crippen molar-refractivity contribution in [2.45, 2.75) is 25.8 Å². The minimum absolute atomic E-state index is 0.158. The van der Waals surface area contributed by atoms with Crippen LogP contribution in [0.15, 0.2) is 177 Å². The number of hydrogen-bond donors (Lipinski definition) is 0. The first kappa shape index (κ1) is 32.1. The van der Waals surface area contributed by atoms with E-state index in [0.717, 1.165) is 101 Å². The van der Waals surface area contributed by atoms with Gasteiger partial charge in [0, 0.05) is 27.1 Å². The molecule has 3 heterocycles. The third kappa shape index (κ3) is 5.69. The molecule has 7 aromatic carbocycles. The van der Waals surface area contributed by atoms with Gasteiger partial charge in [-0.2, -0.15) is 0 Å². The second-order valence-electron chi connectivity index (χ2n) is 14.2. The molecule has 9 aromatic rings. The summed E-state index contributed by atoms with van der Waals surface area (Å²) in [5.41, 5.74) is 11.8. The summed E-state index contributed by atoms with van der Waals surface area (Å²) in [5, 5.41) is 4.36. The van der Waals surface area contributed by atoms with Gasteiger partial charge in [-0.1, -0.05) is 92.2 Å². The molecule has 0 saturated heterocycles. The number of benzene rings is 7. The van der Waals surface area contributed by atoms with E-state index in [9.17, 15) is 4.39 Å².